The molecule has 0 aliphatic carbocycles. The first kappa shape index (κ1) is 44.9. The number of hydrogen-bond acceptors (Lipinski definition) is 15. The maximum Gasteiger partial charge on any atom is 0.311 e. The third-order valence-electron chi connectivity index (χ3n) is 12.0. The van der Waals surface area contributed by atoms with E-state index in [4.69, 9.17) is 28.4 Å². The van der Waals surface area contributed by atoms with Gasteiger partial charge in [0.1, 0.15) is 23.9 Å². The fourth-order valence-corrected chi connectivity index (χ4v) is 8.61. The summed E-state index contributed by atoms with van der Waals surface area (Å²) in [7, 11) is 5.19. The zero-order chi connectivity index (χ0) is 39.7. The fourth-order valence-electron chi connectivity index (χ4n) is 8.61. The van der Waals surface area contributed by atoms with Crippen LogP contribution in [-0.4, -0.2) is 153 Å². The molecule has 3 saturated heterocycles. The van der Waals surface area contributed by atoms with Crippen LogP contribution in [0.1, 0.15) is 94.9 Å². The molecule has 0 saturated carbocycles. The molecule has 0 radical (unpaired) electrons. The molecule has 0 unspecified atom stereocenters. The van der Waals surface area contributed by atoms with Gasteiger partial charge < -0.3 is 64.1 Å². The lowest BCUT2D eigenvalue weighted by Crippen LogP contribution is -2.61. The van der Waals surface area contributed by atoms with Crippen molar-refractivity contribution < 1.29 is 64.0 Å². The highest BCUT2D eigenvalue weighted by molar-refractivity contribution is 5.88. The summed E-state index contributed by atoms with van der Waals surface area (Å²) >= 11 is 0. The minimum atomic E-state index is -1.97. The highest BCUT2D eigenvalue weighted by Gasteiger charge is 2.53. The van der Waals surface area contributed by atoms with Crippen molar-refractivity contribution in [3.63, 3.8) is 0 Å². The van der Waals surface area contributed by atoms with E-state index >= 15 is 0 Å². The number of nitrogens with zero attached hydrogens (tertiary/aromatic N) is 2. The van der Waals surface area contributed by atoms with E-state index in [0.717, 1.165) is 0 Å². The molecule has 52 heavy (non-hydrogen) atoms. The summed E-state index contributed by atoms with van der Waals surface area (Å²) in [6.07, 6.45) is -9.51. The van der Waals surface area contributed by atoms with E-state index in [0.29, 0.717) is 6.42 Å². The lowest BCUT2D eigenvalue weighted by Gasteiger charge is -2.49. The Labute approximate surface area is 309 Å². The number of esters is 1. The molecule has 6 N–H and O–H groups in total. The van der Waals surface area contributed by atoms with Gasteiger partial charge in [-0.25, -0.2) is 0 Å². The second-order valence-corrected chi connectivity index (χ2v) is 16.6. The van der Waals surface area contributed by atoms with E-state index in [9.17, 15) is 35.5 Å². The molecule has 304 valence electrons. The average molecular weight is 749 g/mol. The molecule has 3 aliphatic heterocycles. The van der Waals surface area contributed by atoms with Gasteiger partial charge in [0.2, 0.25) is 0 Å². The van der Waals surface area contributed by atoms with Crippen LogP contribution in [-0.2, 0) is 33.2 Å². The van der Waals surface area contributed by atoms with Crippen molar-refractivity contribution in [1.82, 2.24) is 4.90 Å². The van der Waals surface area contributed by atoms with E-state index < -0.39 is 102 Å². The fraction of sp³-hybridized carbons (Fsp3) is 0.946. The summed E-state index contributed by atoms with van der Waals surface area (Å²) in [5.41, 5.74) is -4.68. The number of aliphatic hydroxyl groups is 5. The normalized spacial score (nSPS) is 49.8. The van der Waals surface area contributed by atoms with Gasteiger partial charge in [-0.3, -0.25) is 4.79 Å². The molecule has 0 aromatic heterocycles. The zero-order valence-electron chi connectivity index (χ0n) is 33.4. The first-order valence-corrected chi connectivity index (χ1v) is 18.7. The first-order chi connectivity index (χ1) is 24.0. The number of likely N-dealkylation sites (N-methyl/N-ethyl adjacent to an activating group) is 1. The van der Waals surface area contributed by atoms with Crippen LogP contribution in [0, 0.1) is 23.7 Å². The van der Waals surface area contributed by atoms with Gasteiger partial charge in [0, 0.05) is 37.3 Å². The predicted octanol–water partition coefficient (Wildman–Crippen LogP) is 2.05. The number of rotatable bonds is 7. The minimum absolute atomic E-state index is 0.0657. The highest BCUT2D eigenvalue weighted by Crippen LogP contribution is 2.41. The lowest BCUT2D eigenvalue weighted by atomic mass is 9.73. The number of hydrogen-bond donors (Lipinski definition) is 6. The molecule has 3 heterocycles. The van der Waals surface area contributed by atoms with E-state index in [-0.39, 0.29) is 37.1 Å². The molecular formula is C37H68N2O13. The van der Waals surface area contributed by atoms with E-state index in [1.807, 2.05) is 25.9 Å². The summed E-state index contributed by atoms with van der Waals surface area (Å²) < 4.78 is 37.2. The van der Waals surface area contributed by atoms with Crippen LogP contribution < -0.4 is 0 Å². The van der Waals surface area contributed by atoms with Crippen LogP contribution in [0.25, 0.3) is 0 Å². The Hall–Kier alpha value is -1.50. The Balaban J connectivity index is 2.21. The van der Waals surface area contributed by atoms with Crippen molar-refractivity contribution in [2.75, 3.05) is 21.2 Å². The Kier molecular flexibility index (Phi) is 15.1. The van der Waals surface area contributed by atoms with Crippen LogP contribution in [0.5, 0.6) is 0 Å². The number of methoxy groups -OCH3 is 1. The molecule has 0 amide bonds. The van der Waals surface area contributed by atoms with Crippen LogP contribution in [0.3, 0.4) is 0 Å². The standard InChI is InChI=1S/C37H68N2O13/c1-14-25-37(10,45)30(41)20(4)27(38-46)18(2)16-35(8,44)32(52-34-28(40)24(39(11)12)15-19(3)48-34)21(5)29(22(6)33(43)50-25)51-26-17-36(9,47-13)31(42)23(7)49-26/h18-26,28-32,34,40-42,44-46H,14-17H2,1-13H3/t18-,19-,20+,21+,22-,23+,24+,25-,26+,28-,29+,30-,31+,32-,34+,35-,36-,37-/m1/s1. The monoisotopic (exact) mass is 748 g/mol. The Morgan fingerprint density at radius 2 is 1.54 bits per heavy atom. The minimum Gasteiger partial charge on any atom is -0.459 e. The molecule has 0 bridgehead atoms. The van der Waals surface area contributed by atoms with E-state index in [1.54, 1.807) is 55.4 Å². The maximum atomic E-state index is 14.1. The number of cyclic esters (lactones) is 1. The molecule has 0 aromatic carbocycles. The van der Waals surface area contributed by atoms with Crippen molar-refractivity contribution in [2.24, 2.45) is 28.8 Å². The molecule has 3 rings (SSSR count). The van der Waals surface area contributed by atoms with Crippen molar-refractivity contribution in [1.29, 1.82) is 0 Å². The molecule has 18 atom stereocenters. The van der Waals surface area contributed by atoms with Gasteiger partial charge in [-0.15, -0.1) is 0 Å². The van der Waals surface area contributed by atoms with E-state index in [2.05, 4.69) is 5.16 Å². The van der Waals surface area contributed by atoms with Crippen molar-refractivity contribution in [3.8, 4) is 0 Å². The predicted molar refractivity (Wildman–Crippen MR) is 190 cm³/mol. The molecule has 0 spiro atoms. The van der Waals surface area contributed by atoms with Crippen LogP contribution >= 0.6 is 0 Å². The molecule has 3 aliphatic rings. The van der Waals surface area contributed by atoms with Gasteiger partial charge in [0.15, 0.2) is 12.6 Å². The number of carbonyl (C=O) groups excluding carboxylic acids is 1. The molecule has 15 nitrogen and oxygen atoms in total. The molecule has 0 aromatic rings. The second kappa shape index (κ2) is 17.5. The van der Waals surface area contributed by atoms with Gasteiger partial charge in [0.25, 0.3) is 0 Å². The van der Waals surface area contributed by atoms with Crippen LogP contribution in [0.2, 0.25) is 0 Å². The summed E-state index contributed by atoms with van der Waals surface area (Å²) in [4.78, 5) is 16.0. The summed E-state index contributed by atoms with van der Waals surface area (Å²) in [5.74, 6) is -4.24. The van der Waals surface area contributed by atoms with Crippen LogP contribution in [0.4, 0.5) is 0 Å². The SMILES string of the molecule is CC[C@H]1OC(=O)[C@H](C)[C@@H](O[C@H]2C[C@@](C)(OC)[C@@H](O)[C@H](C)O2)[C@H](C)[C@@H](O[C@@H]2O[C@H](C)C[C@H](N(C)C)[C@H]2O)[C@](C)(O)C[C@@H](C)C(=NO)[C@H](C)[C@@H](O)[C@]1(C)O. The Morgan fingerprint density at radius 1 is 0.923 bits per heavy atom. The number of oxime groups is 1. The summed E-state index contributed by atoms with van der Waals surface area (Å²) in [6.45, 7) is 16.6. The van der Waals surface area contributed by atoms with Gasteiger partial charge in [-0.05, 0) is 74.9 Å². The maximum absolute atomic E-state index is 14.1. The summed E-state index contributed by atoms with van der Waals surface area (Å²) in [5, 5.41) is 71.8. The van der Waals surface area contributed by atoms with E-state index in [1.165, 1.54) is 14.0 Å². The smallest absolute Gasteiger partial charge is 0.311 e. The quantitative estimate of drug-likeness (QED) is 0.125. The lowest BCUT2D eigenvalue weighted by molar-refractivity contribution is -0.317. The third-order valence-corrected chi connectivity index (χ3v) is 12.0. The van der Waals surface area contributed by atoms with Gasteiger partial charge >= 0.3 is 5.97 Å². The molecular weight excluding hydrogens is 680 g/mol. The number of aliphatic hydroxyl groups excluding tert-OH is 3. The number of carbonyl (C=O) groups is 1. The largest absolute Gasteiger partial charge is 0.459 e. The zero-order valence-corrected chi connectivity index (χ0v) is 33.4. The number of ether oxygens (including phenoxy) is 6. The Bertz CT molecular complexity index is 1200. The summed E-state index contributed by atoms with van der Waals surface area (Å²) in [6, 6.07) is -0.322. The third kappa shape index (κ3) is 9.47. The second-order valence-electron chi connectivity index (χ2n) is 16.6. The van der Waals surface area contributed by atoms with Crippen molar-refractivity contribution >= 4 is 11.7 Å². The van der Waals surface area contributed by atoms with Gasteiger partial charge in [-0.2, -0.15) is 0 Å². The topological polar surface area (TPSA) is 209 Å². The average Bonchev–Trinajstić information content (AvgIpc) is 3.06. The van der Waals surface area contributed by atoms with Crippen molar-refractivity contribution in [2.45, 2.75) is 179 Å². The van der Waals surface area contributed by atoms with Gasteiger partial charge in [-0.1, -0.05) is 32.9 Å². The molecule has 15 heteroatoms. The highest BCUT2D eigenvalue weighted by atomic mass is 16.7. The molecule has 3 fully saturated rings. The van der Waals surface area contributed by atoms with Crippen LogP contribution in [0.15, 0.2) is 5.16 Å². The Morgan fingerprint density at radius 3 is 2.08 bits per heavy atom. The van der Waals surface area contributed by atoms with Crippen molar-refractivity contribution in [3.05, 3.63) is 0 Å². The van der Waals surface area contributed by atoms with Gasteiger partial charge in [0.05, 0.1) is 53.4 Å². The first-order valence-electron chi connectivity index (χ1n) is 18.7.